The van der Waals surface area contributed by atoms with Crippen molar-refractivity contribution in [1.29, 1.82) is 0 Å². The summed E-state index contributed by atoms with van der Waals surface area (Å²) in [6, 6.07) is 19.1. The second kappa shape index (κ2) is 6.58. The molecule has 2 aromatic rings. The predicted octanol–water partition coefficient (Wildman–Crippen LogP) is 4.15. The second-order valence-electron chi connectivity index (χ2n) is 5.47. The molecule has 0 bridgehead atoms. The van der Waals surface area contributed by atoms with Gasteiger partial charge in [0.25, 0.3) is 0 Å². The molecule has 20 heavy (non-hydrogen) atoms. The van der Waals surface area contributed by atoms with Crippen molar-refractivity contribution in [3.63, 3.8) is 0 Å². The van der Waals surface area contributed by atoms with E-state index in [1.807, 2.05) is 18.2 Å². The Morgan fingerprint density at radius 1 is 0.900 bits per heavy atom. The number of rotatable bonds is 5. The van der Waals surface area contributed by atoms with Crippen molar-refractivity contribution in [3.8, 4) is 0 Å². The first-order valence-corrected chi connectivity index (χ1v) is 7.16. The van der Waals surface area contributed by atoms with Crippen molar-refractivity contribution in [2.45, 2.75) is 39.5 Å². The van der Waals surface area contributed by atoms with Gasteiger partial charge in [0.05, 0.1) is 6.10 Å². The van der Waals surface area contributed by atoms with Crippen molar-refractivity contribution in [1.82, 2.24) is 0 Å². The Bertz CT molecular complexity index is 517. The van der Waals surface area contributed by atoms with Gasteiger partial charge >= 0.3 is 0 Å². The molecule has 106 valence electrons. The van der Waals surface area contributed by atoms with Crippen LogP contribution in [0.25, 0.3) is 0 Å². The minimum Gasteiger partial charge on any atom is -0.389 e. The number of benzene rings is 2. The third kappa shape index (κ3) is 3.61. The molecule has 2 nitrogen and oxygen atoms in total. The van der Waals surface area contributed by atoms with Gasteiger partial charge in [0.15, 0.2) is 0 Å². The van der Waals surface area contributed by atoms with Crippen LogP contribution in [0.1, 0.15) is 38.0 Å². The second-order valence-corrected chi connectivity index (χ2v) is 5.47. The Labute approximate surface area is 121 Å². The van der Waals surface area contributed by atoms with Crippen molar-refractivity contribution >= 4 is 5.69 Å². The summed E-state index contributed by atoms with van der Waals surface area (Å²) in [6.45, 7) is 7.09. The van der Waals surface area contributed by atoms with E-state index in [2.05, 4.69) is 55.1 Å². The Morgan fingerprint density at radius 2 is 1.50 bits per heavy atom. The topological polar surface area (TPSA) is 23.5 Å². The summed E-state index contributed by atoms with van der Waals surface area (Å²) in [7, 11) is 0. The van der Waals surface area contributed by atoms with E-state index in [4.69, 9.17) is 0 Å². The highest BCUT2D eigenvalue weighted by molar-refractivity contribution is 5.49. The van der Waals surface area contributed by atoms with Crippen LogP contribution < -0.4 is 4.90 Å². The van der Waals surface area contributed by atoms with Gasteiger partial charge in [-0.2, -0.15) is 0 Å². The number of aliphatic hydroxyl groups is 1. The standard InChI is InChI=1S/C18H23NO/c1-14(2)19(13-16-7-5-4-6-8-16)18-11-9-17(10-12-18)15(3)20/h4-12,14-15,20H,13H2,1-3H3/t15-/m1/s1. The Morgan fingerprint density at radius 3 is 2.00 bits per heavy atom. The van der Waals surface area contributed by atoms with Crippen LogP contribution >= 0.6 is 0 Å². The molecule has 1 atom stereocenters. The van der Waals surface area contributed by atoms with Crippen LogP contribution in [0.5, 0.6) is 0 Å². The lowest BCUT2D eigenvalue weighted by molar-refractivity contribution is 0.199. The molecule has 0 radical (unpaired) electrons. The molecule has 0 aliphatic carbocycles. The maximum absolute atomic E-state index is 9.58. The summed E-state index contributed by atoms with van der Waals surface area (Å²) in [5.74, 6) is 0. The molecule has 0 saturated heterocycles. The van der Waals surface area contributed by atoms with Gasteiger partial charge in [0.2, 0.25) is 0 Å². The van der Waals surface area contributed by atoms with Crippen LogP contribution in [-0.2, 0) is 6.54 Å². The summed E-state index contributed by atoms with van der Waals surface area (Å²) >= 11 is 0. The molecule has 0 fully saturated rings. The van der Waals surface area contributed by atoms with Gasteiger partial charge in [-0.3, -0.25) is 0 Å². The largest absolute Gasteiger partial charge is 0.389 e. The summed E-state index contributed by atoms with van der Waals surface area (Å²) in [4.78, 5) is 2.36. The van der Waals surface area contributed by atoms with E-state index in [9.17, 15) is 5.11 Å². The lowest BCUT2D eigenvalue weighted by atomic mass is 10.1. The fourth-order valence-corrected chi connectivity index (χ4v) is 2.30. The zero-order valence-corrected chi connectivity index (χ0v) is 12.5. The normalized spacial score (nSPS) is 12.4. The van der Waals surface area contributed by atoms with Gasteiger partial charge in [-0.15, -0.1) is 0 Å². The van der Waals surface area contributed by atoms with Crippen LogP contribution in [0.4, 0.5) is 5.69 Å². The van der Waals surface area contributed by atoms with Crippen molar-refractivity contribution in [3.05, 3.63) is 65.7 Å². The van der Waals surface area contributed by atoms with Crippen molar-refractivity contribution in [2.75, 3.05) is 4.90 Å². The first-order chi connectivity index (χ1) is 9.58. The van der Waals surface area contributed by atoms with Crippen LogP contribution in [0.2, 0.25) is 0 Å². The van der Waals surface area contributed by atoms with Gasteiger partial charge in [0, 0.05) is 18.3 Å². The predicted molar refractivity (Wildman–Crippen MR) is 84.8 cm³/mol. The Hall–Kier alpha value is -1.80. The highest BCUT2D eigenvalue weighted by Crippen LogP contribution is 2.22. The zero-order valence-electron chi connectivity index (χ0n) is 12.5. The lowest BCUT2D eigenvalue weighted by Crippen LogP contribution is -2.30. The summed E-state index contributed by atoms with van der Waals surface area (Å²) in [5.41, 5.74) is 3.45. The fourth-order valence-electron chi connectivity index (χ4n) is 2.30. The molecule has 0 aliphatic heterocycles. The molecule has 2 aromatic carbocycles. The first kappa shape index (κ1) is 14.6. The van der Waals surface area contributed by atoms with E-state index in [0.717, 1.165) is 12.1 Å². The van der Waals surface area contributed by atoms with E-state index in [0.29, 0.717) is 6.04 Å². The Balaban J connectivity index is 2.20. The fraction of sp³-hybridized carbons (Fsp3) is 0.333. The van der Waals surface area contributed by atoms with Crippen molar-refractivity contribution < 1.29 is 5.11 Å². The molecular formula is C18H23NO. The lowest BCUT2D eigenvalue weighted by Gasteiger charge is -2.29. The van der Waals surface area contributed by atoms with Gasteiger partial charge in [-0.25, -0.2) is 0 Å². The molecule has 0 saturated carbocycles. The minimum absolute atomic E-state index is 0.411. The quantitative estimate of drug-likeness (QED) is 0.881. The number of nitrogens with zero attached hydrogens (tertiary/aromatic N) is 1. The minimum atomic E-state index is -0.411. The molecule has 2 rings (SSSR count). The van der Waals surface area contributed by atoms with E-state index < -0.39 is 6.10 Å². The van der Waals surface area contributed by atoms with Gasteiger partial charge in [0.1, 0.15) is 0 Å². The molecule has 0 aliphatic rings. The average Bonchev–Trinajstić information content (AvgIpc) is 2.45. The molecular weight excluding hydrogens is 246 g/mol. The third-order valence-corrected chi connectivity index (χ3v) is 3.53. The molecule has 0 spiro atoms. The smallest absolute Gasteiger partial charge is 0.0761 e. The van der Waals surface area contributed by atoms with Gasteiger partial charge in [-0.1, -0.05) is 42.5 Å². The van der Waals surface area contributed by atoms with E-state index in [1.165, 1.54) is 11.3 Å². The number of anilines is 1. The molecule has 0 unspecified atom stereocenters. The molecule has 0 heterocycles. The average molecular weight is 269 g/mol. The SMILES string of the molecule is CC(C)N(Cc1ccccc1)c1ccc([C@@H](C)O)cc1. The monoisotopic (exact) mass is 269 g/mol. The summed E-state index contributed by atoms with van der Waals surface area (Å²) in [6.07, 6.45) is -0.411. The molecule has 0 aromatic heterocycles. The number of hydrogen-bond acceptors (Lipinski definition) is 2. The molecule has 0 amide bonds. The first-order valence-electron chi connectivity index (χ1n) is 7.16. The van der Waals surface area contributed by atoms with Crippen LogP contribution in [0, 0.1) is 0 Å². The van der Waals surface area contributed by atoms with E-state index in [1.54, 1.807) is 6.92 Å². The van der Waals surface area contributed by atoms with E-state index in [-0.39, 0.29) is 0 Å². The summed E-state index contributed by atoms with van der Waals surface area (Å²) in [5, 5.41) is 9.58. The van der Waals surface area contributed by atoms with Gasteiger partial charge in [-0.05, 0) is 44.0 Å². The van der Waals surface area contributed by atoms with Crippen LogP contribution in [0.3, 0.4) is 0 Å². The van der Waals surface area contributed by atoms with E-state index >= 15 is 0 Å². The summed E-state index contributed by atoms with van der Waals surface area (Å²) < 4.78 is 0. The highest BCUT2D eigenvalue weighted by atomic mass is 16.3. The van der Waals surface area contributed by atoms with Crippen LogP contribution in [0.15, 0.2) is 54.6 Å². The van der Waals surface area contributed by atoms with Crippen LogP contribution in [-0.4, -0.2) is 11.1 Å². The zero-order chi connectivity index (χ0) is 14.5. The van der Waals surface area contributed by atoms with Gasteiger partial charge < -0.3 is 10.0 Å². The van der Waals surface area contributed by atoms with Crippen molar-refractivity contribution in [2.24, 2.45) is 0 Å². The molecule has 2 heteroatoms. The number of hydrogen-bond donors (Lipinski definition) is 1. The maximum Gasteiger partial charge on any atom is 0.0761 e. The highest BCUT2D eigenvalue weighted by Gasteiger charge is 2.11. The third-order valence-electron chi connectivity index (χ3n) is 3.53. The Kier molecular flexibility index (Phi) is 4.80. The molecule has 1 N–H and O–H groups in total. The number of aliphatic hydroxyl groups excluding tert-OH is 1. The maximum atomic E-state index is 9.58.